The molecule has 50 heavy (non-hydrogen) atoms. The Kier molecular flexibility index (Phi) is 6.80. The lowest BCUT2D eigenvalue weighted by Crippen LogP contribution is -2.31. The number of hydrogen-bond donors (Lipinski definition) is 0. The van der Waals surface area contributed by atoms with Crippen LogP contribution >= 0.6 is 0 Å². The van der Waals surface area contributed by atoms with E-state index in [0.29, 0.717) is 0 Å². The Balaban J connectivity index is 1.16. The van der Waals surface area contributed by atoms with E-state index in [-0.39, 0.29) is 12.0 Å². The molecule has 10 rings (SSSR count). The SMILES string of the molecule is C1=Cc2c(c3c4ccccc4ccc3n2-c2ccccc2)C(C2=CC(N(c3ccc4ccccc4c3)c3ccc4ccccc4c3)CC=C2)C1. The van der Waals surface area contributed by atoms with Gasteiger partial charge >= 0.3 is 0 Å². The van der Waals surface area contributed by atoms with Crippen LogP contribution in [-0.2, 0) is 0 Å². The van der Waals surface area contributed by atoms with Crippen molar-refractivity contribution in [1.29, 1.82) is 0 Å². The number of aromatic nitrogens is 1. The maximum Gasteiger partial charge on any atom is 0.0562 e. The summed E-state index contributed by atoms with van der Waals surface area (Å²) in [5.74, 6) is 0.238. The summed E-state index contributed by atoms with van der Waals surface area (Å²) >= 11 is 0. The van der Waals surface area contributed by atoms with Gasteiger partial charge in [-0.3, -0.25) is 0 Å². The lowest BCUT2D eigenvalue weighted by Gasteiger charge is -2.35. The second-order valence-corrected chi connectivity index (χ2v) is 13.6. The molecule has 0 bridgehead atoms. The molecule has 238 valence electrons. The van der Waals surface area contributed by atoms with Crippen LogP contribution in [0.1, 0.15) is 30.0 Å². The summed E-state index contributed by atoms with van der Waals surface area (Å²) in [7, 11) is 0. The molecule has 0 aliphatic heterocycles. The van der Waals surface area contributed by atoms with Crippen molar-refractivity contribution < 1.29 is 0 Å². The number of benzene rings is 7. The normalized spacial score (nSPS) is 17.0. The monoisotopic (exact) mass is 640 g/mol. The largest absolute Gasteiger partial charge is 0.334 e. The third-order valence-corrected chi connectivity index (χ3v) is 10.8. The van der Waals surface area contributed by atoms with Crippen LogP contribution in [0.15, 0.2) is 182 Å². The first kappa shape index (κ1) is 28.9. The molecule has 2 heteroatoms. The van der Waals surface area contributed by atoms with Crippen molar-refractivity contribution in [3.63, 3.8) is 0 Å². The minimum atomic E-state index is 0.158. The zero-order valence-electron chi connectivity index (χ0n) is 27.8. The van der Waals surface area contributed by atoms with Crippen LogP contribution in [0.5, 0.6) is 0 Å². The van der Waals surface area contributed by atoms with Crippen LogP contribution in [0.4, 0.5) is 11.4 Å². The highest BCUT2D eigenvalue weighted by Crippen LogP contribution is 2.47. The zero-order valence-corrected chi connectivity index (χ0v) is 27.8. The first-order valence-electron chi connectivity index (χ1n) is 17.7. The topological polar surface area (TPSA) is 8.17 Å². The van der Waals surface area contributed by atoms with E-state index in [9.17, 15) is 0 Å². The molecule has 0 saturated carbocycles. The summed E-state index contributed by atoms with van der Waals surface area (Å²) < 4.78 is 2.47. The van der Waals surface area contributed by atoms with Crippen LogP contribution < -0.4 is 4.90 Å². The molecule has 0 N–H and O–H groups in total. The molecule has 1 aromatic heterocycles. The van der Waals surface area contributed by atoms with E-state index < -0.39 is 0 Å². The maximum absolute atomic E-state index is 2.56. The molecule has 2 nitrogen and oxygen atoms in total. The summed E-state index contributed by atoms with van der Waals surface area (Å²) in [4.78, 5) is 2.56. The molecule has 1 heterocycles. The first-order valence-corrected chi connectivity index (χ1v) is 17.7. The lowest BCUT2D eigenvalue weighted by atomic mass is 9.80. The summed E-state index contributed by atoms with van der Waals surface area (Å²) in [6.07, 6.45) is 14.0. The van der Waals surface area contributed by atoms with Crippen molar-refractivity contribution in [2.45, 2.75) is 24.8 Å². The summed E-state index contributed by atoms with van der Waals surface area (Å²) in [5, 5.41) is 9.01. The van der Waals surface area contributed by atoms with E-state index in [1.165, 1.54) is 77.1 Å². The van der Waals surface area contributed by atoms with Crippen molar-refractivity contribution in [2.75, 3.05) is 4.90 Å². The minimum Gasteiger partial charge on any atom is -0.334 e. The van der Waals surface area contributed by atoms with Crippen molar-refractivity contribution in [1.82, 2.24) is 4.57 Å². The molecule has 0 spiro atoms. The van der Waals surface area contributed by atoms with Gasteiger partial charge in [0.2, 0.25) is 0 Å². The molecule has 0 radical (unpaired) electrons. The molecular weight excluding hydrogens is 605 g/mol. The minimum absolute atomic E-state index is 0.158. The van der Waals surface area contributed by atoms with Crippen molar-refractivity contribution >= 4 is 60.7 Å². The fraction of sp³-hybridized carbons (Fsp3) is 0.0833. The van der Waals surface area contributed by atoms with Crippen LogP contribution in [0.25, 0.3) is 55.0 Å². The predicted octanol–water partition coefficient (Wildman–Crippen LogP) is 12.7. The molecule has 7 aromatic carbocycles. The maximum atomic E-state index is 2.56. The standard InChI is InChI=1S/C48H36N2/c1-2-18-39(19-3-1)50-45-23-11-22-44(48(45)47-43-21-9-8-14-35(43)26-29-46(47)50)38-17-10-20-40(32-38)49(41-27-24-33-12-4-6-15-36(33)30-41)42-28-25-34-13-5-7-16-37(34)31-42/h1-19,21,23-32,40,44H,20,22H2. The Morgan fingerprint density at radius 3 is 1.84 bits per heavy atom. The predicted molar refractivity (Wildman–Crippen MR) is 213 cm³/mol. The highest BCUT2D eigenvalue weighted by molar-refractivity contribution is 6.11. The van der Waals surface area contributed by atoms with Gasteiger partial charge in [-0.15, -0.1) is 0 Å². The Morgan fingerprint density at radius 1 is 0.520 bits per heavy atom. The molecule has 0 saturated heterocycles. The van der Waals surface area contributed by atoms with Gasteiger partial charge in [0.1, 0.15) is 0 Å². The molecular formula is C48H36N2. The van der Waals surface area contributed by atoms with E-state index in [0.717, 1.165) is 12.8 Å². The number of allylic oxidation sites excluding steroid dienone is 3. The second-order valence-electron chi connectivity index (χ2n) is 13.6. The quantitative estimate of drug-likeness (QED) is 0.182. The van der Waals surface area contributed by atoms with E-state index in [1.54, 1.807) is 0 Å². The molecule has 0 fully saturated rings. The summed E-state index contributed by atoms with van der Waals surface area (Å²) in [6, 6.07) is 55.7. The third-order valence-electron chi connectivity index (χ3n) is 10.8. The molecule has 2 aliphatic rings. The number of nitrogens with zero attached hydrogens (tertiary/aromatic N) is 2. The van der Waals surface area contributed by atoms with Gasteiger partial charge < -0.3 is 9.47 Å². The average Bonchev–Trinajstić information content (AvgIpc) is 3.53. The van der Waals surface area contributed by atoms with Crippen LogP contribution in [0.3, 0.4) is 0 Å². The molecule has 2 unspecified atom stereocenters. The first-order chi connectivity index (χ1) is 24.8. The van der Waals surface area contributed by atoms with Crippen molar-refractivity contribution in [2.24, 2.45) is 0 Å². The highest BCUT2D eigenvalue weighted by atomic mass is 15.2. The van der Waals surface area contributed by atoms with Gasteiger partial charge in [-0.2, -0.15) is 0 Å². The van der Waals surface area contributed by atoms with Gasteiger partial charge in [-0.25, -0.2) is 0 Å². The second kappa shape index (κ2) is 11.8. The number of anilines is 2. The Morgan fingerprint density at radius 2 is 1.12 bits per heavy atom. The van der Waals surface area contributed by atoms with E-state index in [1.807, 2.05) is 0 Å². The number of hydrogen-bond acceptors (Lipinski definition) is 1. The van der Waals surface area contributed by atoms with Crippen LogP contribution in [0.2, 0.25) is 0 Å². The molecule has 2 aliphatic carbocycles. The zero-order chi connectivity index (χ0) is 33.0. The Hall–Kier alpha value is -6.12. The van der Waals surface area contributed by atoms with Gasteiger partial charge in [0, 0.05) is 28.4 Å². The van der Waals surface area contributed by atoms with Gasteiger partial charge in [0.15, 0.2) is 0 Å². The van der Waals surface area contributed by atoms with Gasteiger partial charge in [0.25, 0.3) is 0 Å². The smallest absolute Gasteiger partial charge is 0.0562 e. The Bertz CT molecular complexity index is 2590. The lowest BCUT2D eigenvalue weighted by molar-refractivity contribution is 0.741. The average molecular weight is 641 g/mol. The summed E-state index contributed by atoms with van der Waals surface area (Å²) in [6.45, 7) is 0. The van der Waals surface area contributed by atoms with E-state index in [2.05, 4.69) is 192 Å². The van der Waals surface area contributed by atoms with Gasteiger partial charge in [0.05, 0.1) is 17.3 Å². The fourth-order valence-electron chi connectivity index (χ4n) is 8.50. The summed E-state index contributed by atoms with van der Waals surface area (Å²) in [5.41, 5.74) is 9.00. The number of fused-ring (bicyclic) bond motifs is 7. The van der Waals surface area contributed by atoms with Gasteiger partial charge in [-0.1, -0.05) is 133 Å². The highest BCUT2D eigenvalue weighted by Gasteiger charge is 2.31. The van der Waals surface area contributed by atoms with Crippen molar-refractivity contribution in [3.05, 3.63) is 193 Å². The molecule has 2 atom stereocenters. The van der Waals surface area contributed by atoms with Crippen LogP contribution in [0, 0.1) is 0 Å². The molecule has 0 amide bonds. The van der Waals surface area contributed by atoms with E-state index in [4.69, 9.17) is 0 Å². The van der Waals surface area contributed by atoms with E-state index >= 15 is 0 Å². The molecule has 8 aromatic rings. The number of para-hydroxylation sites is 1. The number of rotatable bonds is 5. The van der Waals surface area contributed by atoms with Crippen LogP contribution in [-0.4, -0.2) is 10.6 Å². The Labute approximate surface area is 292 Å². The third kappa shape index (κ3) is 4.71. The van der Waals surface area contributed by atoms with Gasteiger partial charge in [-0.05, 0) is 105 Å². The van der Waals surface area contributed by atoms with Crippen molar-refractivity contribution in [3.8, 4) is 5.69 Å². The fourth-order valence-corrected chi connectivity index (χ4v) is 8.50.